The predicted molar refractivity (Wildman–Crippen MR) is 112 cm³/mol. The van der Waals surface area contributed by atoms with Gasteiger partial charge in [-0.05, 0) is 61.8 Å². The molecule has 0 aliphatic heterocycles. The molecule has 2 aromatic carbocycles. The molecule has 0 heterocycles. The second-order valence-corrected chi connectivity index (χ2v) is 8.29. The van der Waals surface area contributed by atoms with E-state index in [2.05, 4.69) is 5.32 Å². The van der Waals surface area contributed by atoms with E-state index in [4.69, 9.17) is 9.84 Å². The third kappa shape index (κ3) is 5.79. The first-order valence-electron chi connectivity index (χ1n) is 10.6. The Balaban J connectivity index is 1.71. The summed E-state index contributed by atoms with van der Waals surface area (Å²) in [6, 6.07) is 8.64. The Morgan fingerprint density at radius 1 is 1.22 bits per heavy atom. The lowest BCUT2D eigenvalue weighted by Crippen LogP contribution is -2.29. The number of hydrogen-bond donors (Lipinski definition) is 2. The maximum Gasteiger partial charge on any atom is 0.416 e. The van der Waals surface area contributed by atoms with Gasteiger partial charge in [-0.15, -0.1) is 0 Å². The molecule has 1 aliphatic carbocycles. The molecule has 2 N–H and O–H groups in total. The van der Waals surface area contributed by atoms with Crippen LogP contribution in [-0.4, -0.2) is 24.2 Å². The van der Waals surface area contributed by atoms with E-state index >= 15 is 0 Å². The minimum atomic E-state index is -4.53. The molecule has 0 spiro atoms. The number of halogens is 4. The lowest BCUT2D eigenvalue weighted by Gasteiger charge is -2.22. The smallest absolute Gasteiger partial charge is 0.416 e. The van der Waals surface area contributed by atoms with Gasteiger partial charge in [-0.3, -0.25) is 4.79 Å². The Morgan fingerprint density at radius 3 is 2.62 bits per heavy atom. The molecule has 0 amide bonds. The summed E-state index contributed by atoms with van der Waals surface area (Å²) in [5.41, 5.74) is 0.692. The number of hydrogen-bond acceptors (Lipinski definition) is 3. The first-order chi connectivity index (χ1) is 15.1. The summed E-state index contributed by atoms with van der Waals surface area (Å²) >= 11 is 0. The van der Waals surface area contributed by atoms with E-state index in [9.17, 15) is 22.4 Å². The topological polar surface area (TPSA) is 58.6 Å². The van der Waals surface area contributed by atoms with Gasteiger partial charge in [0.05, 0.1) is 12.7 Å². The van der Waals surface area contributed by atoms with Gasteiger partial charge in [0.2, 0.25) is 0 Å². The van der Waals surface area contributed by atoms with Crippen molar-refractivity contribution in [1.29, 1.82) is 0 Å². The average Bonchev–Trinajstić information content (AvgIpc) is 3.19. The van der Waals surface area contributed by atoms with Gasteiger partial charge in [-0.2, -0.15) is 13.2 Å². The zero-order valence-corrected chi connectivity index (χ0v) is 18.0. The monoisotopic (exact) mass is 453 g/mol. The van der Waals surface area contributed by atoms with E-state index in [1.165, 1.54) is 31.4 Å². The van der Waals surface area contributed by atoms with Crippen LogP contribution in [0.2, 0.25) is 0 Å². The van der Waals surface area contributed by atoms with Crippen LogP contribution >= 0.6 is 0 Å². The fourth-order valence-corrected chi connectivity index (χ4v) is 4.49. The Hall–Kier alpha value is -2.61. The summed E-state index contributed by atoms with van der Waals surface area (Å²) in [4.78, 5) is 10.8. The van der Waals surface area contributed by atoms with Gasteiger partial charge in [0.1, 0.15) is 11.6 Å². The molecule has 0 aromatic heterocycles. The van der Waals surface area contributed by atoms with Crippen molar-refractivity contribution in [3.05, 3.63) is 64.5 Å². The molecule has 32 heavy (non-hydrogen) atoms. The minimum absolute atomic E-state index is 0.00773. The maximum atomic E-state index is 13.6. The van der Waals surface area contributed by atoms with Gasteiger partial charge in [0, 0.05) is 30.1 Å². The molecule has 0 unspecified atom stereocenters. The van der Waals surface area contributed by atoms with E-state index in [-0.39, 0.29) is 42.2 Å². The van der Waals surface area contributed by atoms with Gasteiger partial charge in [0.15, 0.2) is 0 Å². The third-order valence-electron chi connectivity index (χ3n) is 6.10. The number of aliphatic carboxylic acids is 1. The zero-order valence-electron chi connectivity index (χ0n) is 18.0. The molecule has 3 atom stereocenters. The molecule has 0 saturated heterocycles. The average molecular weight is 453 g/mol. The van der Waals surface area contributed by atoms with Gasteiger partial charge in [-0.25, -0.2) is 4.39 Å². The molecular weight excluding hydrogens is 426 g/mol. The largest absolute Gasteiger partial charge is 0.496 e. The van der Waals surface area contributed by atoms with Crippen molar-refractivity contribution in [2.45, 2.75) is 63.2 Å². The molecule has 2 aromatic rings. The number of ether oxygens (including phenoxy) is 1. The van der Waals surface area contributed by atoms with Crippen molar-refractivity contribution in [2.24, 2.45) is 0 Å². The van der Waals surface area contributed by atoms with Crippen LogP contribution < -0.4 is 10.1 Å². The van der Waals surface area contributed by atoms with E-state index in [0.717, 1.165) is 18.4 Å². The highest BCUT2D eigenvalue weighted by Crippen LogP contribution is 2.40. The molecule has 0 radical (unpaired) electrons. The van der Waals surface area contributed by atoms with Crippen LogP contribution in [0.4, 0.5) is 17.6 Å². The second-order valence-electron chi connectivity index (χ2n) is 8.29. The van der Waals surface area contributed by atoms with Crippen LogP contribution in [0.1, 0.15) is 66.8 Å². The quantitative estimate of drug-likeness (QED) is 0.492. The van der Waals surface area contributed by atoms with Crippen LogP contribution in [0.25, 0.3) is 0 Å². The van der Waals surface area contributed by atoms with Crippen LogP contribution in [0.5, 0.6) is 5.75 Å². The summed E-state index contributed by atoms with van der Waals surface area (Å²) in [7, 11) is 1.48. The molecule has 1 fully saturated rings. The van der Waals surface area contributed by atoms with Crippen LogP contribution in [0.15, 0.2) is 36.4 Å². The standard InChI is InChI=1S/C24H27F4NO3/c1-14(20-9-7-18(25)13-22(20)32-2)29-19-8-5-16(11-19)17-4-3-15(6-10-23(30)31)21(12-17)24(26,27)28/h3-4,7,9,12-14,16,19,29H,5-6,8,10-11H2,1-2H3,(H,30,31)/t14-,16+,19-/m1/s1. The minimum Gasteiger partial charge on any atom is -0.496 e. The number of alkyl halides is 3. The number of benzene rings is 2. The molecule has 174 valence electrons. The normalized spacial score (nSPS) is 19.7. The van der Waals surface area contributed by atoms with E-state index in [1.54, 1.807) is 12.1 Å². The highest BCUT2D eigenvalue weighted by atomic mass is 19.4. The maximum absolute atomic E-state index is 13.6. The van der Waals surface area contributed by atoms with E-state index in [1.807, 2.05) is 6.92 Å². The van der Waals surface area contributed by atoms with Gasteiger partial charge in [0.25, 0.3) is 0 Å². The lowest BCUT2D eigenvalue weighted by molar-refractivity contribution is -0.140. The van der Waals surface area contributed by atoms with Crippen molar-refractivity contribution in [1.82, 2.24) is 5.32 Å². The van der Waals surface area contributed by atoms with Gasteiger partial charge >= 0.3 is 12.1 Å². The summed E-state index contributed by atoms with van der Waals surface area (Å²) in [6.07, 6.45) is -2.80. The van der Waals surface area contributed by atoms with E-state index < -0.39 is 17.7 Å². The Kier molecular flexibility index (Phi) is 7.44. The van der Waals surface area contributed by atoms with Crippen molar-refractivity contribution in [3.63, 3.8) is 0 Å². The van der Waals surface area contributed by atoms with Crippen LogP contribution in [-0.2, 0) is 17.4 Å². The third-order valence-corrected chi connectivity index (χ3v) is 6.10. The number of carboxylic acid groups (broad SMARTS) is 1. The number of carboxylic acids is 1. The summed E-state index contributed by atoms with van der Waals surface area (Å²) in [5, 5.41) is 12.3. The lowest BCUT2D eigenvalue weighted by atomic mass is 9.92. The van der Waals surface area contributed by atoms with Crippen molar-refractivity contribution < 1.29 is 32.2 Å². The first-order valence-corrected chi connectivity index (χ1v) is 10.6. The molecule has 8 heteroatoms. The fraction of sp³-hybridized carbons (Fsp3) is 0.458. The highest BCUT2D eigenvalue weighted by molar-refractivity contribution is 5.67. The Bertz CT molecular complexity index is 961. The number of methoxy groups -OCH3 is 1. The number of nitrogens with one attached hydrogen (secondary N) is 1. The second kappa shape index (κ2) is 9.90. The van der Waals surface area contributed by atoms with Gasteiger partial charge in [-0.1, -0.05) is 18.2 Å². The molecule has 1 saturated carbocycles. The molecule has 1 aliphatic rings. The first kappa shape index (κ1) is 24.0. The number of rotatable bonds is 8. The SMILES string of the molecule is COc1cc(F)ccc1[C@@H](C)N[C@@H]1CC[C@H](c2ccc(CCC(=O)O)c(C(F)(F)F)c2)C1. The molecule has 4 nitrogen and oxygen atoms in total. The van der Waals surface area contributed by atoms with Gasteiger partial charge < -0.3 is 15.2 Å². The summed E-state index contributed by atoms with van der Waals surface area (Å²) in [5.74, 6) is -1.08. The fourth-order valence-electron chi connectivity index (χ4n) is 4.49. The van der Waals surface area contributed by atoms with Crippen LogP contribution in [0, 0.1) is 5.82 Å². The van der Waals surface area contributed by atoms with Crippen molar-refractivity contribution in [3.8, 4) is 5.75 Å². The Labute approximate surface area is 184 Å². The molecule has 0 bridgehead atoms. The molecular formula is C24H27F4NO3. The van der Waals surface area contributed by atoms with Crippen molar-refractivity contribution in [2.75, 3.05) is 7.11 Å². The highest BCUT2D eigenvalue weighted by Gasteiger charge is 2.35. The Morgan fingerprint density at radius 2 is 1.97 bits per heavy atom. The zero-order chi connectivity index (χ0) is 23.5. The van der Waals surface area contributed by atoms with E-state index in [0.29, 0.717) is 17.7 Å². The van der Waals surface area contributed by atoms with Crippen molar-refractivity contribution >= 4 is 5.97 Å². The number of aryl methyl sites for hydroxylation is 1. The number of carbonyl (C=O) groups is 1. The summed E-state index contributed by atoms with van der Waals surface area (Å²) in [6.45, 7) is 1.95. The predicted octanol–water partition coefficient (Wildman–Crippen LogP) is 5.86. The van der Waals surface area contributed by atoms with Crippen LogP contribution in [0.3, 0.4) is 0 Å². The molecule has 3 rings (SSSR count). The summed E-state index contributed by atoms with van der Waals surface area (Å²) < 4.78 is 59.5.